The molecule has 0 aromatic heterocycles. The third-order valence-electron chi connectivity index (χ3n) is 6.02. The number of hydrogen-bond donors (Lipinski definition) is 0. The molecule has 0 N–H and O–H groups in total. The van der Waals surface area contributed by atoms with Gasteiger partial charge in [0, 0.05) is 0 Å². The van der Waals surface area contributed by atoms with Crippen molar-refractivity contribution < 1.29 is 51.0 Å². The first-order valence-corrected chi connectivity index (χ1v) is 12.4. The van der Waals surface area contributed by atoms with Crippen molar-refractivity contribution in [1.29, 1.82) is 0 Å². The zero-order valence-corrected chi connectivity index (χ0v) is 25.3. The molecule has 6 aromatic rings. The van der Waals surface area contributed by atoms with Crippen molar-refractivity contribution >= 4 is 40.7 Å². The Bertz CT molecular complexity index is 1500. The van der Waals surface area contributed by atoms with Crippen molar-refractivity contribution in [2.75, 3.05) is 0 Å². The summed E-state index contributed by atoms with van der Waals surface area (Å²) in [6, 6.07) is 43.2. The number of rotatable bonds is 3. The Hall–Kier alpha value is -2.01. The maximum absolute atomic E-state index is 2.29. The first-order valence-electron chi connectivity index (χ1n) is 11.4. The number of hydrogen-bond acceptors (Lipinski definition) is 0. The predicted octanol–water partition coefficient (Wildman–Crippen LogP) is 2.04. The molecule has 0 bridgehead atoms. The number of fused-ring (bicyclic) bond motifs is 2. The second kappa shape index (κ2) is 14.1. The maximum atomic E-state index is 2.29. The molecule has 6 aromatic carbocycles. The third kappa shape index (κ3) is 6.85. The average molecular weight is 605 g/mol. The molecular formula is C32H27Cl2PZr. The summed E-state index contributed by atoms with van der Waals surface area (Å²) in [4.78, 5) is 0. The van der Waals surface area contributed by atoms with Crippen LogP contribution in [0.5, 0.6) is 0 Å². The minimum atomic E-state index is 0. The molecule has 0 aliphatic carbocycles. The van der Waals surface area contributed by atoms with Crippen LogP contribution in [-0.2, 0) is 26.2 Å². The summed E-state index contributed by atoms with van der Waals surface area (Å²) in [5.41, 5.74) is 5.36. The largest absolute Gasteiger partial charge is 4.00 e. The van der Waals surface area contributed by atoms with Crippen LogP contribution in [0.3, 0.4) is 0 Å². The fourth-order valence-electron chi connectivity index (χ4n) is 4.45. The first-order chi connectivity index (χ1) is 16.2. The molecule has 0 saturated carbocycles. The number of halogens is 2. The van der Waals surface area contributed by atoms with E-state index in [0.717, 1.165) is 8.58 Å². The van der Waals surface area contributed by atoms with Crippen LogP contribution in [0, 0.1) is 13.8 Å². The van der Waals surface area contributed by atoms with Crippen molar-refractivity contribution in [2.24, 2.45) is 0 Å². The first kappa shape index (κ1) is 30.2. The van der Waals surface area contributed by atoms with Gasteiger partial charge in [-0.1, -0.05) is 92.2 Å². The molecule has 0 amide bonds. The van der Waals surface area contributed by atoms with Crippen LogP contribution in [-0.4, -0.2) is 0 Å². The topological polar surface area (TPSA) is 0 Å². The van der Waals surface area contributed by atoms with E-state index in [1.807, 2.05) is 0 Å². The van der Waals surface area contributed by atoms with Gasteiger partial charge in [0.05, 0.1) is 0 Å². The van der Waals surface area contributed by atoms with E-state index in [1.165, 1.54) is 54.4 Å². The second-order valence-electron chi connectivity index (χ2n) is 8.49. The zero-order valence-electron chi connectivity index (χ0n) is 20.3. The molecule has 1 atom stereocenters. The molecule has 36 heavy (non-hydrogen) atoms. The molecule has 0 aliphatic heterocycles. The standard InChI is InChI=1S/C16H14P.C16H13.2ClH.Zr/c1-12-11-13-7-5-6-10-15(13)16(12)17-14-8-3-2-4-9-14;1-12-10-14-8-5-9-15(16(14)11-12)13-6-3-2-4-7-13;;;/h2-11,17H,1H3;2-11H,1H3;2*1H;/q2*-1;;;+4/p-2. The summed E-state index contributed by atoms with van der Waals surface area (Å²) in [6.07, 6.45) is 0. The van der Waals surface area contributed by atoms with E-state index < -0.39 is 0 Å². The van der Waals surface area contributed by atoms with Crippen LogP contribution in [0.25, 0.3) is 32.7 Å². The van der Waals surface area contributed by atoms with Gasteiger partial charge in [-0.15, -0.1) is 89.0 Å². The van der Waals surface area contributed by atoms with Gasteiger partial charge in [-0.25, -0.2) is 0 Å². The van der Waals surface area contributed by atoms with E-state index in [9.17, 15) is 0 Å². The molecule has 0 heterocycles. The van der Waals surface area contributed by atoms with Gasteiger partial charge in [0.25, 0.3) is 0 Å². The molecule has 6 rings (SSSR count). The third-order valence-corrected chi connectivity index (χ3v) is 7.56. The van der Waals surface area contributed by atoms with Crippen LogP contribution >= 0.6 is 8.58 Å². The average Bonchev–Trinajstić information content (AvgIpc) is 3.39. The SMILES string of the molecule is Cc1[cH-]c2ccccc2c1Pc1ccccc1.Cc1cc2c(-c3ccccc3)cccc2[cH-]1.[Cl-].[Cl-].[Zr+4]. The van der Waals surface area contributed by atoms with Gasteiger partial charge >= 0.3 is 26.2 Å². The molecule has 0 spiro atoms. The van der Waals surface area contributed by atoms with Crippen molar-refractivity contribution in [2.45, 2.75) is 13.8 Å². The summed E-state index contributed by atoms with van der Waals surface area (Å²) < 4.78 is 0. The van der Waals surface area contributed by atoms with Gasteiger partial charge in [-0.05, 0) is 10.9 Å². The second-order valence-corrected chi connectivity index (χ2v) is 9.82. The van der Waals surface area contributed by atoms with E-state index in [1.54, 1.807) is 0 Å². The van der Waals surface area contributed by atoms with Gasteiger partial charge in [0.1, 0.15) is 0 Å². The Balaban J connectivity index is 0.000000234. The Kier molecular flexibility index (Phi) is 11.8. The summed E-state index contributed by atoms with van der Waals surface area (Å²) in [5.74, 6) is 0. The van der Waals surface area contributed by atoms with Crippen LogP contribution in [0.15, 0.2) is 121 Å². The van der Waals surface area contributed by atoms with Gasteiger partial charge in [0.15, 0.2) is 0 Å². The molecule has 0 nitrogen and oxygen atoms in total. The Morgan fingerprint density at radius 2 is 1.17 bits per heavy atom. The monoisotopic (exact) mass is 602 g/mol. The number of benzene rings is 4. The molecule has 0 fully saturated rings. The minimum absolute atomic E-state index is 0. The van der Waals surface area contributed by atoms with E-state index in [2.05, 4.69) is 135 Å². The van der Waals surface area contributed by atoms with Crippen molar-refractivity contribution in [3.63, 3.8) is 0 Å². The van der Waals surface area contributed by atoms with E-state index in [0.29, 0.717) is 0 Å². The Morgan fingerprint density at radius 1 is 0.583 bits per heavy atom. The van der Waals surface area contributed by atoms with Crippen molar-refractivity contribution in [3.05, 3.63) is 132 Å². The van der Waals surface area contributed by atoms with E-state index in [-0.39, 0.29) is 51.0 Å². The van der Waals surface area contributed by atoms with Crippen molar-refractivity contribution in [3.8, 4) is 11.1 Å². The fraction of sp³-hybridized carbons (Fsp3) is 0.0625. The maximum Gasteiger partial charge on any atom is 4.00 e. The molecule has 0 aliphatic rings. The summed E-state index contributed by atoms with van der Waals surface area (Å²) in [7, 11) is 0.754. The zero-order chi connectivity index (χ0) is 22.6. The summed E-state index contributed by atoms with van der Waals surface area (Å²) in [6.45, 7) is 4.36. The predicted molar refractivity (Wildman–Crippen MR) is 148 cm³/mol. The molecular weight excluding hydrogens is 577 g/mol. The van der Waals surface area contributed by atoms with Crippen LogP contribution < -0.4 is 35.4 Å². The molecule has 0 saturated heterocycles. The molecule has 178 valence electrons. The molecule has 1 unspecified atom stereocenters. The van der Waals surface area contributed by atoms with Gasteiger partial charge in [0.2, 0.25) is 0 Å². The minimum Gasteiger partial charge on any atom is -1.00 e. The van der Waals surface area contributed by atoms with Gasteiger partial charge < -0.3 is 24.8 Å². The normalized spacial score (nSPS) is 10.3. The summed E-state index contributed by atoms with van der Waals surface area (Å²) in [5, 5.41) is 8.36. The van der Waals surface area contributed by atoms with Gasteiger partial charge in [-0.3, -0.25) is 0 Å². The molecule has 0 radical (unpaired) electrons. The van der Waals surface area contributed by atoms with Crippen LogP contribution in [0.1, 0.15) is 11.1 Å². The fourth-order valence-corrected chi connectivity index (χ4v) is 5.73. The van der Waals surface area contributed by atoms with Crippen LogP contribution in [0.4, 0.5) is 0 Å². The van der Waals surface area contributed by atoms with E-state index >= 15 is 0 Å². The molecule has 4 heteroatoms. The van der Waals surface area contributed by atoms with E-state index in [4.69, 9.17) is 0 Å². The summed E-state index contributed by atoms with van der Waals surface area (Å²) >= 11 is 0. The Morgan fingerprint density at radius 3 is 1.89 bits per heavy atom. The van der Waals surface area contributed by atoms with Gasteiger partial charge in [-0.2, -0.15) is 6.07 Å². The van der Waals surface area contributed by atoms with Crippen molar-refractivity contribution in [1.82, 2.24) is 0 Å². The number of aryl methyl sites for hydroxylation is 2. The smallest absolute Gasteiger partial charge is 1.00 e. The Labute approximate surface area is 247 Å². The quantitative estimate of drug-likeness (QED) is 0.215. The van der Waals surface area contributed by atoms with Crippen LogP contribution in [0.2, 0.25) is 0 Å².